The molecule has 3 atom stereocenters. The smallest absolute Gasteiger partial charge is 0.245 e. The minimum atomic E-state index is -1.16. The van der Waals surface area contributed by atoms with Crippen LogP contribution >= 0.6 is 11.6 Å². The van der Waals surface area contributed by atoms with Crippen molar-refractivity contribution < 1.29 is 24.2 Å². The average molecular weight is 597 g/mol. The highest BCUT2D eigenvalue weighted by atomic mass is 35.5. The van der Waals surface area contributed by atoms with Crippen LogP contribution in [0.3, 0.4) is 0 Å². The normalized spacial score (nSPS) is 23.6. The van der Waals surface area contributed by atoms with Crippen molar-refractivity contribution in [2.45, 2.75) is 56.7 Å². The van der Waals surface area contributed by atoms with Crippen LogP contribution in [0.25, 0.3) is 6.08 Å². The van der Waals surface area contributed by atoms with Crippen LogP contribution in [0.5, 0.6) is 5.75 Å². The van der Waals surface area contributed by atoms with Crippen molar-refractivity contribution in [3.8, 4) is 5.75 Å². The summed E-state index contributed by atoms with van der Waals surface area (Å²) in [7, 11) is 1.53. The number of carbonyl (C=O) groups is 3. The van der Waals surface area contributed by atoms with Gasteiger partial charge in [-0.15, -0.1) is 0 Å². The number of ether oxygens (including phenoxy) is 1. The molecular weight excluding hydrogens is 556 g/mol. The van der Waals surface area contributed by atoms with Gasteiger partial charge in [-0.2, -0.15) is 0 Å². The minimum absolute atomic E-state index is 0.111. The van der Waals surface area contributed by atoms with Gasteiger partial charge in [-0.05, 0) is 42.5 Å². The highest BCUT2D eigenvalue weighted by Crippen LogP contribution is 2.28. The molecule has 4 rings (SSSR count). The van der Waals surface area contributed by atoms with Gasteiger partial charge in [0, 0.05) is 37.1 Å². The SMILES string of the molecule is CN1C(=O)[C@H](C2CCCCC2)NCCOc2ccccc2C=CCNC(=O)[C@@H](Cc2ccc(Cl)cc2)NC(=O)[C@@H]1CO. The van der Waals surface area contributed by atoms with E-state index in [-0.39, 0.29) is 30.7 Å². The van der Waals surface area contributed by atoms with Crippen molar-refractivity contribution >= 4 is 35.4 Å². The lowest BCUT2D eigenvalue weighted by Crippen LogP contribution is -2.59. The molecule has 10 heteroatoms. The van der Waals surface area contributed by atoms with Crippen LogP contribution < -0.4 is 20.7 Å². The van der Waals surface area contributed by atoms with Gasteiger partial charge in [0.15, 0.2) is 0 Å². The van der Waals surface area contributed by atoms with Crippen LogP contribution in [0.15, 0.2) is 54.6 Å². The summed E-state index contributed by atoms with van der Waals surface area (Å²) in [6.07, 6.45) is 8.95. The number of likely N-dealkylation sites (N-methyl/N-ethyl adjacent to an activating group) is 1. The van der Waals surface area contributed by atoms with Crippen molar-refractivity contribution in [2.75, 3.05) is 33.4 Å². The number of halogens is 1. The van der Waals surface area contributed by atoms with Gasteiger partial charge in [-0.25, -0.2) is 0 Å². The summed E-state index contributed by atoms with van der Waals surface area (Å²) >= 11 is 6.04. The molecule has 1 heterocycles. The zero-order valence-corrected chi connectivity index (χ0v) is 24.8. The van der Waals surface area contributed by atoms with E-state index in [9.17, 15) is 19.5 Å². The fourth-order valence-electron chi connectivity index (χ4n) is 5.60. The highest BCUT2D eigenvalue weighted by molar-refractivity contribution is 6.30. The second-order valence-corrected chi connectivity index (χ2v) is 11.3. The molecule has 0 unspecified atom stereocenters. The van der Waals surface area contributed by atoms with Crippen molar-refractivity contribution in [3.05, 3.63) is 70.8 Å². The molecule has 0 aromatic heterocycles. The number of para-hydroxylation sites is 1. The zero-order valence-electron chi connectivity index (χ0n) is 24.1. The van der Waals surface area contributed by atoms with Crippen LogP contribution in [-0.4, -0.2) is 79.2 Å². The zero-order chi connectivity index (χ0) is 29.9. The van der Waals surface area contributed by atoms with E-state index in [1.165, 1.54) is 11.9 Å². The first-order chi connectivity index (χ1) is 20.4. The maximum absolute atomic E-state index is 13.9. The lowest BCUT2D eigenvalue weighted by atomic mass is 9.83. The van der Waals surface area contributed by atoms with Gasteiger partial charge in [0.1, 0.15) is 24.4 Å². The van der Waals surface area contributed by atoms with Gasteiger partial charge in [0.2, 0.25) is 17.7 Å². The lowest BCUT2D eigenvalue weighted by Gasteiger charge is -2.35. The molecule has 1 aliphatic heterocycles. The molecule has 2 aromatic rings. The summed E-state index contributed by atoms with van der Waals surface area (Å²) in [4.78, 5) is 42.0. The number of rotatable bonds is 4. The summed E-state index contributed by atoms with van der Waals surface area (Å²) in [5.41, 5.74) is 1.67. The third kappa shape index (κ3) is 8.56. The van der Waals surface area contributed by atoms with Crippen LogP contribution in [0.2, 0.25) is 5.02 Å². The number of benzene rings is 2. The minimum Gasteiger partial charge on any atom is -0.492 e. The van der Waals surface area contributed by atoms with Gasteiger partial charge in [-0.1, -0.05) is 73.3 Å². The summed E-state index contributed by atoms with van der Waals surface area (Å²) in [6.45, 7) is 0.433. The molecule has 42 heavy (non-hydrogen) atoms. The second kappa shape index (κ2) is 15.7. The Morgan fingerprint density at radius 3 is 2.48 bits per heavy atom. The number of nitrogens with zero attached hydrogens (tertiary/aromatic N) is 1. The van der Waals surface area contributed by atoms with Crippen LogP contribution in [0.4, 0.5) is 0 Å². The molecule has 1 aliphatic carbocycles. The Morgan fingerprint density at radius 2 is 1.74 bits per heavy atom. The molecule has 4 N–H and O–H groups in total. The number of fused-ring (bicyclic) bond motifs is 1. The van der Waals surface area contributed by atoms with Crippen LogP contribution in [0.1, 0.15) is 43.2 Å². The van der Waals surface area contributed by atoms with E-state index in [0.717, 1.165) is 43.2 Å². The Morgan fingerprint density at radius 1 is 1.00 bits per heavy atom. The third-order valence-electron chi connectivity index (χ3n) is 8.00. The van der Waals surface area contributed by atoms with E-state index in [2.05, 4.69) is 16.0 Å². The quantitative estimate of drug-likeness (QED) is 0.431. The maximum atomic E-state index is 13.9. The van der Waals surface area contributed by atoms with E-state index in [1.54, 1.807) is 24.3 Å². The lowest BCUT2D eigenvalue weighted by molar-refractivity contribution is -0.144. The van der Waals surface area contributed by atoms with Gasteiger partial charge in [0.05, 0.1) is 12.6 Å². The first-order valence-electron chi connectivity index (χ1n) is 14.7. The molecule has 3 amide bonds. The fourth-order valence-corrected chi connectivity index (χ4v) is 5.73. The Hall–Kier alpha value is -3.40. The van der Waals surface area contributed by atoms with Crippen LogP contribution in [-0.2, 0) is 20.8 Å². The molecule has 0 radical (unpaired) electrons. The number of aliphatic hydroxyl groups is 1. The third-order valence-corrected chi connectivity index (χ3v) is 8.25. The predicted octanol–water partition coefficient (Wildman–Crippen LogP) is 2.95. The number of hydrogen-bond donors (Lipinski definition) is 4. The number of hydrogen-bond acceptors (Lipinski definition) is 6. The van der Waals surface area contributed by atoms with E-state index in [1.807, 2.05) is 36.4 Å². The van der Waals surface area contributed by atoms with Crippen LogP contribution in [0, 0.1) is 5.92 Å². The largest absolute Gasteiger partial charge is 0.492 e. The van der Waals surface area contributed by atoms with Gasteiger partial charge < -0.3 is 30.7 Å². The molecule has 1 saturated carbocycles. The fraction of sp³-hybridized carbons (Fsp3) is 0.469. The number of carbonyl (C=O) groups excluding carboxylic acids is 3. The number of nitrogens with one attached hydrogen (secondary N) is 3. The van der Waals surface area contributed by atoms with Crippen molar-refractivity contribution in [3.63, 3.8) is 0 Å². The molecule has 226 valence electrons. The molecule has 1 fully saturated rings. The van der Waals surface area contributed by atoms with Crippen molar-refractivity contribution in [1.82, 2.24) is 20.9 Å². The Balaban J connectivity index is 1.62. The van der Waals surface area contributed by atoms with E-state index in [4.69, 9.17) is 16.3 Å². The Bertz CT molecular complexity index is 1230. The molecule has 0 spiro atoms. The van der Waals surface area contributed by atoms with Crippen molar-refractivity contribution in [1.29, 1.82) is 0 Å². The van der Waals surface area contributed by atoms with Crippen molar-refractivity contribution in [2.24, 2.45) is 5.92 Å². The Kier molecular flexibility index (Phi) is 11.8. The summed E-state index contributed by atoms with van der Waals surface area (Å²) in [5.74, 6) is -0.437. The average Bonchev–Trinajstić information content (AvgIpc) is 3.00. The molecule has 9 nitrogen and oxygen atoms in total. The predicted molar refractivity (Wildman–Crippen MR) is 163 cm³/mol. The second-order valence-electron chi connectivity index (χ2n) is 10.9. The monoisotopic (exact) mass is 596 g/mol. The number of amides is 3. The van der Waals surface area contributed by atoms with Gasteiger partial charge >= 0.3 is 0 Å². The summed E-state index contributed by atoms with van der Waals surface area (Å²) < 4.78 is 6.06. The molecular formula is C32H41ClN4O5. The first kappa shape index (κ1) is 31.5. The first-order valence-corrected chi connectivity index (χ1v) is 15.1. The number of aliphatic hydroxyl groups excluding tert-OH is 1. The summed E-state index contributed by atoms with van der Waals surface area (Å²) in [5, 5.41) is 19.9. The Labute approximate surface area is 252 Å². The topological polar surface area (TPSA) is 120 Å². The van der Waals surface area contributed by atoms with E-state index >= 15 is 0 Å². The van der Waals surface area contributed by atoms with E-state index in [0.29, 0.717) is 23.9 Å². The molecule has 0 saturated heterocycles. The molecule has 2 aliphatic rings. The summed E-state index contributed by atoms with van der Waals surface area (Å²) in [6, 6.07) is 12.0. The van der Waals surface area contributed by atoms with E-state index < -0.39 is 30.6 Å². The standard InChI is InChI=1S/C32H41ClN4O5/c1-37-27(21-38)31(40)36-26(20-22-13-15-25(33)16-14-22)30(39)35-17-7-11-23-8-5-6-12-28(23)42-19-18-34-29(32(37)41)24-9-3-2-4-10-24/h5-8,11-16,24,26-27,29,34,38H,2-4,9-10,17-21H2,1H3,(H,35,39)(H,36,40)/t26-,27+,29+/m1/s1. The highest BCUT2D eigenvalue weighted by Gasteiger charge is 2.36. The molecule has 0 bridgehead atoms. The molecule has 2 aromatic carbocycles. The maximum Gasteiger partial charge on any atom is 0.245 e. The van der Waals surface area contributed by atoms with Gasteiger partial charge in [-0.3, -0.25) is 14.4 Å². The van der Waals surface area contributed by atoms with Gasteiger partial charge in [0.25, 0.3) is 0 Å².